The summed E-state index contributed by atoms with van der Waals surface area (Å²) in [5, 5.41) is 3.43. The average Bonchev–Trinajstić information content (AvgIpc) is 2.45. The second-order valence-electron chi connectivity index (χ2n) is 6.28. The van der Waals surface area contributed by atoms with Gasteiger partial charge in [-0.2, -0.15) is 0 Å². The lowest BCUT2D eigenvalue weighted by atomic mass is 9.95. The quantitative estimate of drug-likeness (QED) is 0.787. The topological polar surface area (TPSA) is 15.3 Å². The van der Waals surface area contributed by atoms with Crippen LogP contribution in [0.5, 0.6) is 0 Å². The normalized spacial score (nSPS) is 16.5. The zero-order chi connectivity index (χ0) is 14.5. The molecule has 2 rings (SSSR count). The first kappa shape index (κ1) is 21.5. The Hall–Kier alpha value is -0.540. The Balaban J connectivity index is 0.00000220. The van der Waals surface area contributed by atoms with Gasteiger partial charge in [0.1, 0.15) is 0 Å². The van der Waals surface area contributed by atoms with E-state index in [2.05, 4.69) is 61.8 Å². The number of benzene rings is 1. The molecule has 22 heavy (non-hydrogen) atoms. The summed E-state index contributed by atoms with van der Waals surface area (Å²) in [4.78, 5) is 2.59. The predicted molar refractivity (Wildman–Crippen MR) is 102 cm³/mol. The molecule has 0 saturated carbocycles. The van der Waals surface area contributed by atoms with E-state index in [-0.39, 0.29) is 24.8 Å². The number of piperazine rings is 1. The highest BCUT2D eigenvalue weighted by molar-refractivity contribution is 5.85. The van der Waals surface area contributed by atoms with Gasteiger partial charge in [0.05, 0.1) is 0 Å². The molecule has 0 aliphatic carbocycles. The number of hydrogen-bond donors (Lipinski definition) is 1. The number of nitrogens with zero attached hydrogens (tertiary/aromatic N) is 1. The van der Waals surface area contributed by atoms with E-state index in [1.807, 2.05) is 0 Å². The number of hydrogen-bond acceptors (Lipinski definition) is 2. The minimum atomic E-state index is 0. The van der Waals surface area contributed by atoms with Crippen LogP contribution in [0.15, 0.2) is 36.4 Å². The molecule has 0 radical (unpaired) electrons. The fraction of sp³-hybridized carbons (Fsp3) is 0.556. The highest BCUT2D eigenvalue weighted by atomic mass is 35.5. The van der Waals surface area contributed by atoms with Crippen LogP contribution in [0.2, 0.25) is 0 Å². The highest BCUT2D eigenvalue weighted by Crippen LogP contribution is 2.28. The summed E-state index contributed by atoms with van der Waals surface area (Å²) in [5.41, 5.74) is 4.11. The molecule has 0 bridgehead atoms. The first-order chi connectivity index (χ1) is 9.58. The monoisotopic (exact) mass is 344 g/mol. The van der Waals surface area contributed by atoms with Crippen LogP contribution in [0.3, 0.4) is 0 Å². The molecule has 1 fully saturated rings. The van der Waals surface area contributed by atoms with Gasteiger partial charge in [0.15, 0.2) is 0 Å². The second kappa shape index (κ2) is 10.3. The van der Waals surface area contributed by atoms with Gasteiger partial charge in [0.2, 0.25) is 0 Å². The Kier molecular flexibility index (Phi) is 10.0. The van der Waals surface area contributed by atoms with Crippen molar-refractivity contribution in [1.82, 2.24) is 10.2 Å². The van der Waals surface area contributed by atoms with Crippen molar-refractivity contribution in [3.05, 3.63) is 47.5 Å². The lowest BCUT2D eigenvalue weighted by molar-refractivity contribution is 0.172. The van der Waals surface area contributed by atoms with E-state index in [9.17, 15) is 0 Å². The van der Waals surface area contributed by atoms with E-state index in [1.165, 1.54) is 16.7 Å². The summed E-state index contributed by atoms with van der Waals surface area (Å²) < 4.78 is 0. The summed E-state index contributed by atoms with van der Waals surface area (Å²) in [6.45, 7) is 15.2. The van der Waals surface area contributed by atoms with Crippen molar-refractivity contribution in [2.45, 2.75) is 39.2 Å². The molecule has 1 aromatic rings. The maximum absolute atomic E-state index is 4.12. The van der Waals surface area contributed by atoms with Crippen LogP contribution in [0.25, 0.3) is 0 Å². The summed E-state index contributed by atoms with van der Waals surface area (Å²) in [6, 6.07) is 9.67. The van der Waals surface area contributed by atoms with Crippen LogP contribution in [-0.2, 0) is 0 Å². The van der Waals surface area contributed by atoms with E-state index in [0.717, 1.165) is 32.6 Å². The first-order valence-electron chi connectivity index (χ1n) is 7.77. The van der Waals surface area contributed by atoms with Gasteiger partial charge in [-0.25, -0.2) is 0 Å². The maximum Gasteiger partial charge on any atom is 0.0386 e. The van der Waals surface area contributed by atoms with Gasteiger partial charge < -0.3 is 5.32 Å². The molecular formula is C18H30Cl2N2. The van der Waals surface area contributed by atoms with Gasteiger partial charge in [-0.1, -0.05) is 43.7 Å². The third-order valence-corrected chi connectivity index (χ3v) is 4.12. The number of rotatable bonds is 5. The van der Waals surface area contributed by atoms with Crippen molar-refractivity contribution in [2.24, 2.45) is 0 Å². The molecule has 1 aromatic carbocycles. The van der Waals surface area contributed by atoms with Crippen molar-refractivity contribution in [1.29, 1.82) is 0 Å². The van der Waals surface area contributed by atoms with Crippen LogP contribution in [-0.4, -0.2) is 31.1 Å². The van der Waals surface area contributed by atoms with Crippen LogP contribution in [0.4, 0.5) is 0 Å². The van der Waals surface area contributed by atoms with Crippen LogP contribution < -0.4 is 5.32 Å². The minimum absolute atomic E-state index is 0. The molecule has 2 nitrogen and oxygen atoms in total. The zero-order valence-corrected chi connectivity index (χ0v) is 15.6. The first-order valence-corrected chi connectivity index (χ1v) is 7.77. The number of halogens is 2. The molecule has 1 saturated heterocycles. The smallest absolute Gasteiger partial charge is 0.0386 e. The van der Waals surface area contributed by atoms with Gasteiger partial charge in [-0.15, -0.1) is 31.4 Å². The molecule has 0 aromatic heterocycles. The molecule has 0 unspecified atom stereocenters. The second-order valence-corrected chi connectivity index (χ2v) is 6.28. The van der Waals surface area contributed by atoms with E-state index in [4.69, 9.17) is 0 Å². The van der Waals surface area contributed by atoms with Gasteiger partial charge >= 0.3 is 0 Å². The van der Waals surface area contributed by atoms with Crippen molar-refractivity contribution in [3.8, 4) is 0 Å². The van der Waals surface area contributed by atoms with Crippen LogP contribution in [0.1, 0.15) is 50.3 Å². The molecule has 126 valence electrons. The highest BCUT2D eigenvalue weighted by Gasteiger charge is 2.22. The van der Waals surface area contributed by atoms with Gasteiger partial charge in [0.25, 0.3) is 0 Å². The maximum atomic E-state index is 4.12. The van der Waals surface area contributed by atoms with Gasteiger partial charge in [-0.3, -0.25) is 4.90 Å². The largest absolute Gasteiger partial charge is 0.314 e. The fourth-order valence-corrected chi connectivity index (χ4v) is 2.88. The predicted octanol–water partition coefficient (Wildman–Crippen LogP) is 4.57. The standard InChI is InChI=1S/C18H28N2.2ClH/c1-14(2)13-18(20-11-9-19-10-12-20)17-7-5-16(6-8-17)15(3)4;;/h5-8,15,18-19H,1,9-13H2,2-4H3;2*1H/t18-;;/m1../s1. The van der Waals surface area contributed by atoms with Crippen molar-refractivity contribution in [2.75, 3.05) is 26.2 Å². The lowest BCUT2D eigenvalue weighted by Crippen LogP contribution is -2.45. The fourth-order valence-electron chi connectivity index (χ4n) is 2.88. The van der Waals surface area contributed by atoms with E-state index in [0.29, 0.717) is 12.0 Å². The van der Waals surface area contributed by atoms with E-state index in [1.54, 1.807) is 0 Å². The van der Waals surface area contributed by atoms with Crippen LogP contribution in [0, 0.1) is 0 Å². The molecule has 1 aliphatic rings. The minimum Gasteiger partial charge on any atom is -0.314 e. The molecule has 1 atom stereocenters. The van der Waals surface area contributed by atoms with Crippen molar-refractivity contribution < 1.29 is 0 Å². The molecule has 1 heterocycles. The SMILES string of the molecule is C=C(C)C[C@H](c1ccc(C(C)C)cc1)N1CCNCC1.Cl.Cl. The summed E-state index contributed by atoms with van der Waals surface area (Å²) in [5.74, 6) is 0.600. The molecular weight excluding hydrogens is 315 g/mol. The third kappa shape index (κ3) is 5.92. The van der Waals surface area contributed by atoms with Crippen molar-refractivity contribution >= 4 is 24.8 Å². The van der Waals surface area contributed by atoms with Gasteiger partial charge in [-0.05, 0) is 30.4 Å². The Morgan fingerprint density at radius 2 is 1.59 bits per heavy atom. The Labute approximate surface area is 148 Å². The lowest BCUT2D eigenvalue weighted by Gasteiger charge is -2.35. The molecule has 0 amide bonds. The van der Waals surface area contributed by atoms with Crippen LogP contribution >= 0.6 is 24.8 Å². The Morgan fingerprint density at radius 3 is 2.05 bits per heavy atom. The molecule has 0 spiro atoms. The number of nitrogens with one attached hydrogen (secondary N) is 1. The molecule has 4 heteroatoms. The molecule has 1 N–H and O–H groups in total. The summed E-state index contributed by atoms with van der Waals surface area (Å²) in [6.07, 6.45) is 1.06. The van der Waals surface area contributed by atoms with Crippen molar-refractivity contribution in [3.63, 3.8) is 0 Å². The molecule has 1 aliphatic heterocycles. The average molecular weight is 345 g/mol. The van der Waals surface area contributed by atoms with E-state index >= 15 is 0 Å². The summed E-state index contributed by atoms with van der Waals surface area (Å²) >= 11 is 0. The summed E-state index contributed by atoms with van der Waals surface area (Å²) in [7, 11) is 0. The Bertz CT molecular complexity index is 437. The zero-order valence-electron chi connectivity index (χ0n) is 14.0. The third-order valence-electron chi connectivity index (χ3n) is 4.12. The van der Waals surface area contributed by atoms with Gasteiger partial charge in [0, 0.05) is 32.2 Å². The Morgan fingerprint density at radius 1 is 1.09 bits per heavy atom. The van der Waals surface area contributed by atoms with E-state index < -0.39 is 0 Å².